The van der Waals surface area contributed by atoms with Gasteiger partial charge < -0.3 is 9.47 Å². The Labute approximate surface area is 178 Å². The van der Waals surface area contributed by atoms with Crippen molar-refractivity contribution in [3.63, 3.8) is 0 Å². The highest BCUT2D eigenvalue weighted by Gasteiger charge is 2.25. The Morgan fingerprint density at radius 2 is 1.87 bits per heavy atom. The van der Waals surface area contributed by atoms with E-state index in [4.69, 9.17) is 9.47 Å². The van der Waals surface area contributed by atoms with Gasteiger partial charge in [-0.2, -0.15) is 0 Å². The number of anilines is 1. The number of fused-ring (bicyclic) bond motifs is 1. The van der Waals surface area contributed by atoms with Crippen molar-refractivity contribution < 1.29 is 32.4 Å². The number of carbonyl (C=O) groups excluding carboxylic acids is 2. The number of ether oxygens (including phenoxy) is 2. The van der Waals surface area contributed by atoms with Gasteiger partial charge in [0.05, 0.1) is 29.5 Å². The SMILES string of the molecule is COc1ccc(C(=O)OCC(=O)c2ccc3c(c2)CCCN3S(C)(=O)=O)cc1[N+](=O)[O-]. The van der Waals surface area contributed by atoms with Gasteiger partial charge in [0.25, 0.3) is 0 Å². The molecule has 10 nitrogen and oxygen atoms in total. The Morgan fingerprint density at radius 1 is 1.16 bits per heavy atom. The molecule has 0 saturated heterocycles. The van der Waals surface area contributed by atoms with E-state index in [0.717, 1.165) is 17.9 Å². The maximum absolute atomic E-state index is 12.5. The van der Waals surface area contributed by atoms with Crippen LogP contribution in [0, 0.1) is 10.1 Å². The molecule has 0 saturated carbocycles. The predicted octanol–water partition coefficient (Wildman–Crippen LogP) is 2.36. The smallest absolute Gasteiger partial charge is 0.338 e. The minimum atomic E-state index is -3.42. The standard InChI is InChI=1S/C20H20N2O8S/c1-29-19-8-6-15(11-17(19)22(25)26)20(24)30-12-18(23)14-5-7-16-13(10-14)4-3-9-21(16)31(2,27)28/h5-8,10-11H,3-4,9,12H2,1-2H3. The minimum absolute atomic E-state index is 0.00479. The van der Waals surface area contributed by atoms with Gasteiger partial charge in [0.2, 0.25) is 10.0 Å². The number of nitrogens with zero attached hydrogens (tertiary/aromatic N) is 2. The van der Waals surface area contributed by atoms with E-state index >= 15 is 0 Å². The van der Waals surface area contributed by atoms with Crippen molar-refractivity contribution in [1.29, 1.82) is 0 Å². The van der Waals surface area contributed by atoms with Gasteiger partial charge in [0.15, 0.2) is 18.1 Å². The molecule has 2 aromatic rings. The van der Waals surface area contributed by atoms with Gasteiger partial charge in [-0.1, -0.05) is 0 Å². The summed E-state index contributed by atoms with van der Waals surface area (Å²) in [6.45, 7) is -0.183. The number of hydrogen-bond donors (Lipinski definition) is 0. The summed E-state index contributed by atoms with van der Waals surface area (Å²) >= 11 is 0. The fraction of sp³-hybridized carbons (Fsp3) is 0.300. The van der Waals surface area contributed by atoms with Crippen molar-refractivity contribution in [2.75, 3.05) is 30.8 Å². The van der Waals surface area contributed by atoms with Crippen molar-refractivity contribution in [3.8, 4) is 5.75 Å². The molecule has 0 radical (unpaired) electrons. The monoisotopic (exact) mass is 448 g/mol. The Hall–Kier alpha value is -3.47. The largest absolute Gasteiger partial charge is 0.490 e. The number of ketones is 1. The summed E-state index contributed by atoms with van der Waals surface area (Å²) in [7, 11) is -2.15. The summed E-state index contributed by atoms with van der Waals surface area (Å²) in [5.74, 6) is -1.37. The van der Waals surface area contributed by atoms with E-state index in [1.54, 1.807) is 12.1 Å². The summed E-state index contributed by atoms with van der Waals surface area (Å²) in [4.78, 5) is 35.1. The van der Waals surface area contributed by atoms with Crippen LogP contribution >= 0.6 is 0 Å². The van der Waals surface area contributed by atoms with E-state index in [-0.39, 0.29) is 16.9 Å². The van der Waals surface area contributed by atoms with E-state index < -0.39 is 39.0 Å². The first kappa shape index (κ1) is 22.2. The van der Waals surface area contributed by atoms with Gasteiger partial charge in [-0.05, 0) is 48.7 Å². The van der Waals surface area contributed by atoms with E-state index in [1.807, 2.05) is 0 Å². The molecule has 1 aliphatic rings. The lowest BCUT2D eigenvalue weighted by molar-refractivity contribution is -0.385. The van der Waals surface area contributed by atoms with E-state index in [2.05, 4.69) is 0 Å². The van der Waals surface area contributed by atoms with Crippen LogP contribution in [0.4, 0.5) is 11.4 Å². The van der Waals surface area contributed by atoms with Crippen LogP contribution < -0.4 is 9.04 Å². The van der Waals surface area contributed by atoms with Crippen molar-refractivity contribution in [2.24, 2.45) is 0 Å². The van der Waals surface area contributed by atoms with Gasteiger partial charge in [-0.3, -0.25) is 19.2 Å². The molecule has 0 fully saturated rings. The zero-order chi connectivity index (χ0) is 22.8. The number of rotatable bonds is 7. The number of aryl methyl sites for hydroxylation is 1. The van der Waals surface area contributed by atoms with Crippen molar-refractivity contribution >= 4 is 33.2 Å². The molecule has 31 heavy (non-hydrogen) atoms. The number of carbonyl (C=O) groups is 2. The molecule has 2 aromatic carbocycles. The quantitative estimate of drug-likeness (QED) is 0.273. The first-order valence-electron chi connectivity index (χ1n) is 9.25. The summed E-state index contributed by atoms with van der Waals surface area (Å²) < 4.78 is 35.1. The summed E-state index contributed by atoms with van der Waals surface area (Å²) in [5, 5.41) is 11.1. The maximum Gasteiger partial charge on any atom is 0.338 e. The highest BCUT2D eigenvalue weighted by atomic mass is 32.2. The third-order valence-electron chi connectivity index (χ3n) is 4.82. The highest BCUT2D eigenvalue weighted by Crippen LogP contribution is 2.30. The molecule has 0 aliphatic carbocycles. The lowest BCUT2D eigenvalue weighted by Gasteiger charge is -2.29. The van der Waals surface area contributed by atoms with Crippen LogP contribution in [-0.4, -0.2) is 51.6 Å². The molecule has 0 bridgehead atoms. The molecule has 0 aromatic heterocycles. The first-order valence-corrected chi connectivity index (χ1v) is 11.1. The maximum atomic E-state index is 12.5. The number of esters is 1. The Kier molecular flexibility index (Phi) is 6.25. The average Bonchev–Trinajstić information content (AvgIpc) is 2.75. The van der Waals surface area contributed by atoms with Crippen LogP contribution in [0.1, 0.15) is 32.7 Å². The Bertz CT molecular complexity index is 1160. The second-order valence-electron chi connectivity index (χ2n) is 6.93. The van der Waals surface area contributed by atoms with Crippen molar-refractivity contribution in [2.45, 2.75) is 12.8 Å². The lowest BCUT2D eigenvalue weighted by atomic mass is 9.99. The second-order valence-corrected chi connectivity index (χ2v) is 8.83. The van der Waals surface area contributed by atoms with Crippen molar-refractivity contribution in [1.82, 2.24) is 0 Å². The van der Waals surface area contributed by atoms with Crippen LogP contribution in [0.3, 0.4) is 0 Å². The van der Waals surface area contributed by atoms with Crippen LogP contribution in [-0.2, 0) is 21.2 Å². The van der Waals surface area contributed by atoms with E-state index in [0.29, 0.717) is 25.1 Å². The van der Waals surface area contributed by atoms with Crippen LogP contribution in [0.25, 0.3) is 0 Å². The summed E-state index contributed by atoms with van der Waals surface area (Å²) in [6, 6.07) is 8.24. The summed E-state index contributed by atoms with van der Waals surface area (Å²) in [6.07, 6.45) is 2.38. The number of methoxy groups -OCH3 is 1. The van der Waals surface area contributed by atoms with Gasteiger partial charge in [0.1, 0.15) is 0 Å². The first-order chi connectivity index (χ1) is 14.6. The molecule has 11 heteroatoms. The highest BCUT2D eigenvalue weighted by molar-refractivity contribution is 7.92. The van der Waals surface area contributed by atoms with Crippen LogP contribution in [0.2, 0.25) is 0 Å². The Morgan fingerprint density at radius 3 is 2.52 bits per heavy atom. The molecule has 1 heterocycles. The fourth-order valence-electron chi connectivity index (χ4n) is 3.34. The molecular formula is C20H20N2O8S. The number of Topliss-reactive ketones (excluding diaryl/α,β-unsaturated/α-hetero) is 1. The molecule has 0 N–H and O–H groups in total. The van der Waals surface area contributed by atoms with Gasteiger partial charge in [-0.15, -0.1) is 0 Å². The third kappa shape index (κ3) is 4.82. The van der Waals surface area contributed by atoms with Gasteiger partial charge in [-0.25, -0.2) is 13.2 Å². The number of nitro benzene ring substituents is 1. The number of sulfonamides is 1. The van der Waals surface area contributed by atoms with E-state index in [1.165, 1.54) is 29.6 Å². The molecular weight excluding hydrogens is 428 g/mol. The topological polar surface area (TPSA) is 133 Å². The van der Waals surface area contributed by atoms with Crippen LogP contribution in [0.5, 0.6) is 5.75 Å². The van der Waals surface area contributed by atoms with Gasteiger partial charge >= 0.3 is 11.7 Å². The minimum Gasteiger partial charge on any atom is -0.490 e. The third-order valence-corrected chi connectivity index (χ3v) is 6.00. The normalized spacial score (nSPS) is 13.3. The molecule has 3 rings (SSSR count). The predicted molar refractivity (Wildman–Crippen MR) is 111 cm³/mol. The Balaban J connectivity index is 1.72. The zero-order valence-corrected chi connectivity index (χ0v) is 17.7. The molecule has 0 unspecified atom stereocenters. The van der Waals surface area contributed by atoms with E-state index in [9.17, 15) is 28.1 Å². The van der Waals surface area contributed by atoms with Crippen molar-refractivity contribution in [3.05, 3.63) is 63.2 Å². The number of benzene rings is 2. The number of nitro groups is 1. The molecule has 0 atom stereocenters. The van der Waals surface area contributed by atoms with Gasteiger partial charge in [0, 0.05) is 18.2 Å². The molecule has 164 valence electrons. The molecule has 0 amide bonds. The zero-order valence-electron chi connectivity index (χ0n) is 16.9. The molecule has 1 aliphatic heterocycles. The fourth-order valence-corrected chi connectivity index (χ4v) is 4.33. The lowest BCUT2D eigenvalue weighted by Crippen LogP contribution is -2.34. The van der Waals surface area contributed by atoms with Crippen LogP contribution in [0.15, 0.2) is 36.4 Å². The number of hydrogen-bond acceptors (Lipinski definition) is 8. The molecule has 0 spiro atoms. The summed E-state index contributed by atoms with van der Waals surface area (Å²) in [5.41, 5.74) is 1.05. The second kappa shape index (κ2) is 8.72. The average molecular weight is 448 g/mol.